The largest absolute Gasteiger partial charge is 0.493 e. The SMILES string of the molecule is Cc1nc(C)c(C(=O)N2C[C@@H]3NC(=O)c4cc(cc(OCC5CC5)c4)OCC(=O)NCc4ccc(cc4)O[C@H]3C2)s1. The summed E-state index contributed by atoms with van der Waals surface area (Å²) in [5.74, 6) is 1.23. The van der Waals surface area contributed by atoms with Gasteiger partial charge < -0.3 is 29.7 Å². The van der Waals surface area contributed by atoms with Gasteiger partial charge in [0.05, 0.1) is 29.9 Å². The summed E-state index contributed by atoms with van der Waals surface area (Å²) in [4.78, 5) is 46.2. The molecule has 0 spiro atoms. The Morgan fingerprint density at radius 2 is 1.90 bits per heavy atom. The monoisotopic (exact) mass is 576 g/mol. The molecule has 0 unspecified atom stereocenters. The number of nitrogens with zero attached hydrogens (tertiary/aromatic N) is 2. The van der Waals surface area contributed by atoms with E-state index in [0.717, 1.165) is 23.4 Å². The van der Waals surface area contributed by atoms with Crippen LogP contribution in [0.25, 0.3) is 0 Å². The molecule has 41 heavy (non-hydrogen) atoms. The lowest BCUT2D eigenvalue weighted by molar-refractivity contribution is -0.123. The van der Waals surface area contributed by atoms with Crippen molar-refractivity contribution in [2.75, 3.05) is 26.3 Å². The first-order chi connectivity index (χ1) is 19.8. The summed E-state index contributed by atoms with van der Waals surface area (Å²) in [5.41, 5.74) is 1.93. The molecule has 4 aliphatic rings. The molecule has 2 N–H and O–H groups in total. The number of thiazole rings is 1. The maximum Gasteiger partial charge on any atom is 0.266 e. The van der Waals surface area contributed by atoms with Crippen molar-refractivity contribution in [3.63, 3.8) is 0 Å². The highest BCUT2D eigenvalue weighted by Crippen LogP contribution is 2.31. The highest BCUT2D eigenvalue weighted by atomic mass is 32.1. The Hall–Kier alpha value is -4.12. The van der Waals surface area contributed by atoms with Crippen LogP contribution in [0.5, 0.6) is 17.2 Å². The Kier molecular flexibility index (Phi) is 7.53. The van der Waals surface area contributed by atoms with Crippen LogP contribution in [0.2, 0.25) is 0 Å². The number of rotatable bonds is 4. The van der Waals surface area contributed by atoms with E-state index in [1.807, 2.05) is 38.1 Å². The zero-order valence-electron chi connectivity index (χ0n) is 23.0. The predicted octanol–water partition coefficient (Wildman–Crippen LogP) is 3.26. The van der Waals surface area contributed by atoms with Gasteiger partial charge in [-0.2, -0.15) is 0 Å². The van der Waals surface area contributed by atoms with Gasteiger partial charge in [-0.3, -0.25) is 14.4 Å². The maximum atomic E-state index is 13.6. The Bertz CT molecular complexity index is 1470. The smallest absolute Gasteiger partial charge is 0.266 e. The number of likely N-dealkylation sites (tertiary alicyclic amines) is 1. The van der Waals surface area contributed by atoms with Gasteiger partial charge in [0.2, 0.25) is 0 Å². The average molecular weight is 577 g/mol. The minimum atomic E-state index is -0.483. The van der Waals surface area contributed by atoms with Crippen molar-refractivity contribution < 1.29 is 28.6 Å². The molecule has 1 aromatic heterocycles. The van der Waals surface area contributed by atoms with Crippen molar-refractivity contribution in [1.29, 1.82) is 0 Å². The number of carbonyl (C=O) groups is 3. The molecule has 2 aromatic carbocycles. The number of amides is 3. The van der Waals surface area contributed by atoms with E-state index in [0.29, 0.717) is 59.0 Å². The van der Waals surface area contributed by atoms with Gasteiger partial charge in [0, 0.05) is 24.7 Å². The Morgan fingerprint density at radius 3 is 2.63 bits per heavy atom. The van der Waals surface area contributed by atoms with Gasteiger partial charge >= 0.3 is 0 Å². The predicted molar refractivity (Wildman–Crippen MR) is 152 cm³/mol. The lowest BCUT2D eigenvalue weighted by Crippen LogP contribution is -2.45. The van der Waals surface area contributed by atoms with Gasteiger partial charge in [-0.05, 0) is 62.4 Å². The quantitative estimate of drug-likeness (QED) is 0.489. The van der Waals surface area contributed by atoms with Gasteiger partial charge in [0.15, 0.2) is 6.61 Å². The minimum Gasteiger partial charge on any atom is -0.493 e. The minimum absolute atomic E-state index is 0.127. The summed E-state index contributed by atoms with van der Waals surface area (Å²) in [6, 6.07) is 11.9. The van der Waals surface area contributed by atoms with Crippen LogP contribution in [0, 0.1) is 19.8 Å². The second kappa shape index (κ2) is 11.4. The zero-order chi connectivity index (χ0) is 28.5. The molecule has 214 valence electrons. The number of fused-ring (bicyclic) bond motifs is 7. The van der Waals surface area contributed by atoms with Crippen LogP contribution in [0.4, 0.5) is 0 Å². The molecule has 1 aliphatic carbocycles. The number of ether oxygens (including phenoxy) is 3. The van der Waals surface area contributed by atoms with Crippen molar-refractivity contribution in [1.82, 2.24) is 20.5 Å². The lowest BCUT2D eigenvalue weighted by Gasteiger charge is -2.21. The van der Waals surface area contributed by atoms with Crippen LogP contribution in [0.15, 0.2) is 42.5 Å². The van der Waals surface area contributed by atoms with Crippen molar-refractivity contribution >= 4 is 29.1 Å². The van der Waals surface area contributed by atoms with Gasteiger partial charge in [-0.15, -0.1) is 11.3 Å². The lowest BCUT2D eigenvalue weighted by atomic mass is 10.1. The Labute approximate surface area is 242 Å². The normalized spacial score (nSPS) is 20.8. The Balaban J connectivity index is 1.29. The standard InChI is InChI=1S/C30H32N4O6S/c1-17-28(41-18(2)32-17)30(37)34-13-25-26(14-34)40-22-7-5-19(6-8-22)12-31-27(35)16-39-24-10-21(29(36)33-25)9-23(11-24)38-15-20-3-4-20/h5-11,20,25-26H,3-4,12-16H2,1-2H3,(H,31,35)(H,33,36)/t25-,26-/m0/s1. The van der Waals surface area contributed by atoms with E-state index in [-0.39, 0.29) is 30.9 Å². The number of nitrogens with one attached hydrogen (secondary N) is 2. The molecule has 3 amide bonds. The van der Waals surface area contributed by atoms with E-state index in [1.165, 1.54) is 11.3 Å². The summed E-state index contributed by atoms with van der Waals surface area (Å²) in [7, 11) is 0. The number of aromatic nitrogens is 1. The first-order valence-electron chi connectivity index (χ1n) is 13.8. The van der Waals surface area contributed by atoms with Crippen LogP contribution < -0.4 is 24.8 Å². The maximum absolute atomic E-state index is 13.6. The molecule has 3 aromatic rings. The van der Waals surface area contributed by atoms with E-state index < -0.39 is 12.1 Å². The highest BCUT2D eigenvalue weighted by molar-refractivity contribution is 7.13. The fourth-order valence-corrected chi connectivity index (χ4v) is 5.84. The third-order valence-electron chi connectivity index (χ3n) is 7.36. The summed E-state index contributed by atoms with van der Waals surface area (Å²) in [6.45, 7) is 4.99. The molecule has 4 bridgehead atoms. The van der Waals surface area contributed by atoms with Gasteiger partial charge in [-0.1, -0.05) is 12.1 Å². The van der Waals surface area contributed by atoms with Crippen LogP contribution >= 0.6 is 11.3 Å². The molecular weight excluding hydrogens is 544 g/mol. The molecule has 7 rings (SSSR count). The van der Waals surface area contributed by atoms with Crippen molar-refractivity contribution in [3.8, 4) is 17.2 Å². The van der Waals surface area contributed by atoms with Crippen molar-refractivity contribution in [3.05, 3.63) is 69.2 Å². The molecule has 4 heterocycles. The van der Waals surface area contributed by atoms with Crippen molar-refractivity contribution in [2.45, 2.75) is 45.4 Å². The van der Waals surface area contributed by atoms with E-state index >= 15 is 0 Å². The third kappa shape index (κ3) is 6.45. The molecule has 3 aliphatic heterocycles. The highest BCUT2D eigenvalue weighted by Gasteiger charge is 2.39. The summed E-state index contributed by atoms with van der Waals surface area (Å²) in [6.07, 6.45) is 1.78. The second-order valence-electron chi connectivity index (χ2n) is 10.8. The number of hydrogen-bond donors (Lipinski definition) is 2. The average Bonchev–Trinajstić information content (AvgIpc) is 3.62. The molecular formula is C30H32N4O6S. The van der Waals surface area contributed by atoms with E-state index in [1.54, 1.807) is 23.1 Å². The van der Waals surface area contributed by atoms with Gasteiger partial charge in [0.25, 0.3) is 17.7 Å². The van der Waals surface area contributed by atoms with Crippen LogP contribution in [-0.2, 0) is 11.3 Å². The summed E-state index contributed by atoms with van der Waals surface area (Å²) < 4.78 is 18.1. The molecule has 10 nitrogen and oxygen atoms in total. The molecule has 1 saturated carbocycles. The third-order valence-corrected chi connectivity index (χ3v) is 8.42. The van der Waals surface area contributed by atoms with E-state index in [4.69, 9.17) is 14.2 Å². The number of aryl methyl sites for hydroxylation is 2. The molecule has 11 heteroatoms. The Morgan fingerprint density at radius 1 is 1.10 bits per heavy atom. The molecule has 2 atom stereocenters. The topological polar surface area (TPSA) is 119 Å². The van der Waals surface area contributed by atoms with Gasteiger partial charge in [0.1, 0.15) is 28.2 Å². The zero-order valence-corrected chi connectivity index (χ0v) is 23.8. The van der Waals surface area contributed by atoms with Crippen LogP contribution in [0.1, 0.15) is 49.1 Å². The first kappa shape index (κ1) is 27.1. The fourth-order valence-electron chi connectivity index (χ4n) is 4.95. The number of hydrogen-bond acceptors (Lipinski definition) is 8. The van der Waals surface area contributed by atoms with E-state index in [9.17, 15) is 14.4 Å². The van der Waals surface area contributed by atoms with E-state index in [2.05, 4.69) is 15.6 Å². The molecule has 1 saturated heterocycles. The first-order valence-corrected chi connectivity index (χ1v) is 14.6. The second-order valence-corrected chi connectivity index (χ2v) is 12.0. The van der Waals surface area contributed by atoms with Gasteiger partial charge in [-0.25, -0.2) is 4.98 Å². The van der Waals surface area contributed by atoms with Crippen LogP contribution in [-0.4, -0.2) is 66.1 Å². The molecule has 0 radical (unpaired) electrons. The summed E-state index contributed by atoms with van der Waals surface area (Å²) >= 11 is 1.37. The van der Waals surface area contributed by atoms with Crippen LogP contribution in [0.3, 0.4) is 0 Å². The van der Waals surface area contributed by atoms with Crippen molar-refractivity contribution in [2.24, 2.45) is 5.92 Å². The summed E-state index contributed by atoms with van der Waals surface area (Å²) in [5, 5.41) is 6.76. The molecule has 2 fully saturated rings. The number of carbonyl (C=O) groups excluding carboxylic acids is 3. The fraction of sp³-hybridized carbons (Fsp3) is 0.400. The number of benzene rings is 2.